The minimum absolute atomic E-state index is 0.0181. The fraction of sp³-hybridized carbons (Fsp3) is 0.941. The van der Waals surface area contributed by atoms with Crippen molar-refractivity contribution in [3.8, 4) is 0 Å². The van der Waals surface area contributed by atoms with Crippen LogP contribution in [0.25, 0.3) is 0 Å². The average Bonchev–Trinajstić information content (AvgIpc) is 2.87. The quantitative estimate of drug-likeness (QED) is 0.817. The van der Waals surface area contributed by atoms with Crippen LogP contribution >= 0.6 is 0 Å². The first-order valence-electron chi connectivity index (χ1n) is 8.23. The van der Waals surface area contributed by atoms with E-state index in [0.29, 0.717) is 5.41 Å². The topological polar surface area (TPSA) is 38.3 Å². The number of hydrogen-bond donors (Lipinski definition) is 1. The van der Waals surface area contributed by atoms with Gasteiger partial charge in [0.15, 0.2) is 0 Å². The standard InChI is InChI=1S/C17H31NO2/c1-6-9-17(18-14(19)20-15(3,4)5)12-16(17)10-7-13(2)8-11-16/h13H,6-12H2,1-5H3,(H,18,19). The molecule has 1 amide bonds. The van der Waals surface area contributed by atoms with Gasteiger partial charge in [0.05, 0.1) is 0 Å². The molecule has 1 N–H and O–H groups in total. The van der Waals surface area contributed by atoms with Gasteiger partial charge in [-0.3, -0.25) is 0 Å². The molecule has 0 bridgehead atoms. The molecular weight excluding hydrogens is 250 g/mol. The molecule has 1 spiro atoms. The highest BCUT2D eigenvalue weighted by Gasteiger charge is 2.67. The lowest BCUT2D eigenvalue weighted by Crippen LogP contribution is -2.45. The van der Waals surface area contributed by atoms with Gasteiger partial charge in [0.2, 0.25) is 0 Å². The summed E-state index contributed by atoms with van der Waals surface area (Å²) in [5.74, 6) is 0.849. The van der Waals surface area contributed by atoms with Crippen LogP contribution in [0.5, 0.6) is 0 Å². The summed E-state index contributed by atoms with van der Waals surface area (Å²) in [7, 11) is 0. The minimum Gasteiger partial charge on any atom is -0.444 e. The lowest BCUT2D eigenvalue weighted by atomic mass is 9.77. The molecule has 2 aliphatic rings. The summed E-state index contributed by atoms with van der Waals surface area (Å²) >= 11 is 0. The predicted octanol–water partition coefficient (Wildman–Crippen LogP) is 4.65. The van der Waals surface area contributed by atoms with Gasteiger partial charge in [-0.15, -0.1) is 0 Å². The SMILES string of the molecule is CCCC1(NC(=O)OC(C)(C)C)CC12CCC(C)CC2. The van der Waals surface area contributed by atoms with E-state index < -0.39 is 5.60 Å². The van der Waals surface area contributed by atoms with E-state index in [1.165, 1.54) is 25.7 Å². The monoisotopic (exact) mass is 281 g/mol. The van der Waals surface area contributed by atoms with Crippen molar-refractivity contribution in [2.45, 2.75) is 90.7 Å². The maximum atomic E-state index is 12.1. The molecule has 2 rings (SSSR count). The van der Waals surface area contributed by atoms with Gasteiger partial charge in [-0.1, -0.05) is 33.1 Å². The average molecular weight is 281 g/mol. The second-order valence-electron chi connectivity index (χ2n) is 8.10. The lowest BCUT2D eigenvalue weighted by molar-refractivity contribution is 0.0465. The van der Waals surface area contributed by atoms with Crippen molar-refractivity contribution >= 4 is 6.09 Å². The molecule has 0 aromatic carbocycles. The molecule has 1 atom stereocenters. The Morgan fingerprint density at radius 1 is 1.30 bits per heavy atom. The number of ether oxygens (including phenoxy) is 1. The van der Waals surface area contributed by atoms with E-state index in [2.05, 4.69) is 19.2 Å². The molecular formula is C17H31NO2. The van der Waals surface area contributed by atoms with Crippen LogP contribution in [0.3, 0.4) is 0 Å². The number of carbonyl (C=O) groups is 1. The van der Waals surface area contributed by atoms with Crippen LogP contribution in [0.2, 0.25) is 0 Å². The van der Waals surface area contributed by atoms with Crippen molar-refractivity contribution in [3.05, 3.63) is 0 Å². The summed E-state index contributed by atoms with van der Waals surface area (Å²) in [4.78, 5) is 12.1. The number of hydrogen-bond acceptors (Lipinski definition) is 2. The fourth-order valence-corrected chi connectivity index (χ4v) is 4.02. The Hall–Kier alpha value is -0.730. The van der Waals surface area contributed by atoms with Gasteiger partial charge < -0.3 is 10.1 Å². The molecule has 0 aliphatic heterocycles. The fourth-order valence-electron chi connectivity index (χ4n) is 4.02. The molecule has 0 radical (unpaired) electrons. The van der Waals surface area contributed by atoms with Crippen molar-refractivity contribution in [2.24, 2.45) is 11.3 Å². The van der Waals surface area contributed by atoms with E-state index >= 15 is 0 Å². The van der Waals surface area contributed by atoms with Gasteiger partial charge in [0.25, 0.3) is 0 Å². The van der Waals surface area contributed by atoms with E-state index in [-0.39, 0.29) is 11.6 Å². The first-order chi connectivity index (χ1) is 9.22. The summed E-state index contributed by atoms with van der Waals surface area (Å²) in [6, 6.07) is 0. The van der Waals surface area contributed by atoms with Crippen molar-refractivity contribution < 1.29 is 9.53 Å². The highest BCUT2D eigenvalue weighted by atomic mass is 16.6. The number of nitrogens with one attached hydrogen (secondary N) is 1. The first-order valence-corrected chi connectivity index (χ1v) is 8.23. The number of amides is 1. The second kappa shape index (κ2) is 5.23. The third kappa shape index (κ3) is 3.12. The number of rotatable bonds is 3. The molecule has 1 unspecified atom stereocenters. The molecule has 0 heterocycles. The smallest absolute Gasteiger partial charge is 0.408 e. The molecule has 116 valence electrons. The zero-order chi connectivity index (χ0) is 15.0. The van der Waals surface area contributed by atoms with Crippen molar-refractivity contribution in [1.82, 2.24) is 5.32 Å². The van der Waals surface area contributed by atoms with Gasteiger partial charge in [0.1, 0.15) is 5.60 Å². The van der Waals surface area contributed by atoms with E-state index in [4.69, 9.17) is 4.74 Å². The van der Waals surface area contributed by atoms with Gasteiger partial charge >= 0.3 is 6.09 Å². The Kier molecular flexibility index (Phi) is 4.10. The van der Waals surface area contributed by atoms with Crippen LogP contribution in [-0.4, -0.2) is 17.2 Å². The Morgan fingerprint density at radius 3 is 2.40 bits per heavy atom. The van der Waals surface area contributed by atoms with Gasteiger partial charge in [0, 0.05) is 5.54 Å². The second-order valence-corrected chi connectivity index (χ2v) is 8.10. The Labute approximate surface area is 123 Å². The van der Waals surface area contributed by atoms with Crippen molar-refractivity contribution in [3.63, 3.8) is 0 Å². The molecule has 0 aromatic rings. The molecule has 20 heavy (non-hydrogen) atoms. The van der Waals surface area contributed by atoms with Crippen LogP contribution in [-0.2, 0) is 4.74 Å². The third-order valence-corrected chi connectivity index (χ3v) is 5.18. The van der Waals surface area contributed by atoms with Crippen molar-refractivity contribution in [2.75, 3.05) is 0 Å². The van der Waals surface area contributed by atoms with E-state index in [1.54, 1.807) is 0 Å². The molecule has 3 heteroatoms. The maximum absolute atomic E-state index is 12.1. The summed E-state index contributed by atoms with van der Waals surface area (Å²) in [6.45, 7) is 10.3. The van der Waals surface area contributed by atoms with Crippen LogP contribution in [0.15, 0.2) is 0 Å². The van der Waals surface area contributed by atoms with Gasteiger partial charge in [-0.05, 0) is 57.8 Å². The molecule has 2 saturated carbocycles. The normalized spacial score (nSPS) is 36.8. The van der Waals surface area contributed by atoms with E-state index in [9.17, 15) is 4.79 Å². The Bertz CT molecular complexity index is 364. The maximum Gasteiger partial charge on any atom is 0.408 e. The lowest BCUT2D eigenvalue weighted by Gasteiger charge is -2.33. The van der Waals surface area contributed by atoms with Crippen LogP contribution in [0.1, 0.15) is 79.6 Å². The zero-order valence-corrected chi connectivity index (χ0v) is 13.8. The third-order valence-electron chi connectivity index (χ3n) is 5.18. The van der Waals surface area contributed by atoms with Crippen LogP contribution < -0.4 is 5.32 Å². The zero-order valence-electron chi connectivity index (χ0n) is 13.8. The number of carbonyl (C=O) groups excluding carboxylic acids is 1. The van der Waals surface area contributed by atoms with E-state index in [0.717, 1.165) is 25.2 Å². The van der Waals surface area contributed by atoms with Crippen molar-refractivity contribution in [1.29, 1.82) is 0 Å². The van der Waals surface area contributed by atoms with Gasteiger partial charge in [-0.25, -0.2) is 4.79 Å². The van der Waals surface area contributed by atoms with Crippen LogP contribution in [0, 0.1) is 11.3 Å². The molecule has 0 aromatic heterocycles. The Balaban J connectivity index is 2.00. The number of alkyl carbamates (subject to hydrolysis) is 1. The molecule has 0 saturated heterocycles. The highest BCUT2D eigenvalue weighted by Crippen LogP contribution is 2.66. The van der Waals surface area contributed by atoms with E-state index in [1.807, 2.05) is 20.8 Å². The molecule has 2 fully saturated rings. The largest absolute Gasteiger partial charge is 0.444 e. The predicted molar refractivity (Wildman–Crippen MR) is 81.7 cm³/mol. The summed E-state index contributed by atoms with van der Waals surface area (Å²) < 4.78 is 5.46. The first kappa shape index (κ1) is 15.7. The molecule has 2 aliphatic carbocycles. The highest BCUT2D eigenvalue weighted by molar-refractivity contribution is 5.70. The Morgan fingerprint density at radius 2 is 1.90 bits per heavy atom. The summed E-state index contributed by atoms with van der Waals surface area (Å²) in [5, 5.41) is 3.24. The van der Waals surface area contributed by atoms with Gasteiger partial charge in [-0.2, -0.15) is 0 Å². The summed E-state index contributed by atoms with van der Waals surface area (Å²) in [5.41, 5.74) is -0.0305. The minimum atomic E-state index is -0.416. The molecule has 3 nitrogen and oxygen atoms in total. The van der Waals surface area contributed by atoms with Crippen LogP contribution in [0.4, 0.5) is 4.79 Å². The summed E-state index contributed by atoms with van der Waals surface area (Å²) in [6.07, 6.45) is 8.27.